The van der Waals surface area contributed by atoms with Crippen LogP contribution in [0.2, 0.25) is 0 Å². The van der Waals surface area contributed by atoms with Crippen molar-refractivity contribution in [3.05, 3.63) is 0 Å². The Bertz CT molecular complexity index is 274. The van der Waals surface area contributed by atoms with E-state index in [2.05, 4.69) is 15.0 Å². The maximum Gasteiger partial charge on any atom is 0.338 e. The van der Waals surface area contributed by atoms with Crippen molar-refractivity contribution >= 4 is 17.8 Å². The van der Waals surface area contributed by atoms with E-state index < -0.39 is 12.0 Å². The zero-order chi connectivity index (χ0) is 12.6. The molecular formula is C9H19N4O3+. The first-order valence-corrected chi connectivity index (χ1v) is 4.94. The Hall–Kier alpha value is -1.79. The van der Waals surface area contributed by atoms with Gasteiger partial charge in [0.1, 0.15) is 6.04 Å². The van der Waals surface area contributed by atoms with Crippen LogP contribution in [0.25, 0.3) is 0 Å². The van der Waals surface area contributed by atoms with Crippen molar-refractivity contribution in [1.29, 1.82) is 0 Å². The van der Waals surface area contributed by atoms with Crippen molar-refractivity contribution in [3.8, 4) is 0 Å². The average molecular weight is 231 g/mol. The van der Waals surface area contributed by atoms with E-state index in [-0.39, 0.29) is 11.9 Å². The van der Waals surface area contributed by atoms with E-state index in [1.54, 1.807) is 0 Å². The average Bonchev–Trinajstić information content (AvgIpc) is 2.20. The molecule has 1 unspecified atom stereocenters. The molecule has 6 N–H and O–H groups in total. The van der Waals surface area contributed by atoms with Crippen LogP contribution < -0.4 is 21.8 Å². The summed E-state index contributed by atoms with van der Waals surface area (Å²) in [5, 5.41) is 2.51. The molecule has 0 bridgehead atoms. The van der Waals surface area contributed by atoms with E-state index in [4.69, 9.17) is 11.5 Å². The minimum absolute atomic E-state index is 0.133. The summed E-state index contributed by atoms with van der Waals surface area (Å²) < 4.78 is 4.56. The topological polar surface area (TPSA) is 121 Å². The highest BCUT2D eigenvalue weighted by Crippen LogP contribution is 1.98. The van der Waals surface area contributed by atoms with Gasteiger partial charge in [-0.1, -0.05) is 0 Å². The Morgan fingerprint density at radius 1 is 1.44 bits per heavy atom. The van der Waals surface area contributed by atoms with Crippen molar-refractivity contribution in [1.82, 2.24) is 5.32 Å². The minimum atomic E-state index is -0.622. The number of carbonyl (C=O) groups is 2. The maximum atomic E-state index is 11.3. The van der Waals surface area contributed by atoms with Crippen LogP contribution in [-0.2, 0) is 14.3 Å². The molecule has 0 aliphatic rings. The second-order valence-corrected chi connectivity index (χ2v) is 3.30. The molecule has 0 saturated heterocycles. The second-order valence-electron chi connectivity index (χ2n) is 3.30. The Morgan fingerprint density at radius 3 is 2.50 bits per heavy atom. The minimum Gasteiger partial charge on any atom is -0.467 e. The van der Waals surface area contributed by atoms with Crippen LogP contribution >= 0.6 is 0 Å². The van der Waals surface area contributed by atoms with Crippen molar-refractivity contribution in [3.63, 3.8) is 0 Å². The van der Waals surface area contributed by atoms with Gasteiger partial charge in [0.25, 0.3) is 0 Å². The summed E-state index contributed by atoms with van der Waals surface area (Å²) in [6, 6.07) is -0.622. The highest BCUT2D eigenvalue weighted by Gasteiger charge is 2.19. The smallest absolute Gasteiger partial charge is 0.338 e. The van der Waals surface area contributed by atoms with Gasteiger partial charge in [0, 0.05) is 6.92 Å². The lowest BCUT2D eigenvalue weighted by Crippen LogP contribution is -2.78. The van der Waals surface area contributed by atoms with Crippen LogP contribution in [0, 0.1) is 0 Å². The first-order chi connectivity index (χ1) is 7.47. The molecule has 1 amide bonds. The van der Waals surface area contributed by atoms with E-state index in [9.17, 15) is 9.59 Å². The summed E-state index contributed by atoms with van der Waals surface area (Å²) in [4.78, 5) is 24.8. The molecule has 0 aliphatic heterocycles. The van der Waals surface area contributed by atoms with Gasteiger partial charge < -0.3 is 10.1 Å². The van der Waals surface area contributed by atoms with Crippen molar-refractivity contribution in [2.24, 2.45) is 11.5 Å². The number of hydrogen-bond acceptors (Lipinski definition) is 3. The number of nitrogens with two attached hydrogens (primary N) is 2. The van der Waals surface area contributed by atoms with Crippen molar-refractivity contribution in [2.45, 2.75) is 25.8 Å². The van der Waals surface area contributed by atoms with Crippen LogP contribution in [0.1, 0.15) is 19.8 Å². The van der Waals surface area contributed by atoms with Gasteiger partial charge in [-0.2, -0.15) is 0 Å². The number of methoxy groups -OCH3 is 1. The van der Waals surface area contributed by atoms with Crippen LogP contribution in [0.15, 0.2) is 0 Å². The van der Waals surface area contributed by atoms with Crippen LogP contribution in [0.5, 0.6) is 0 Å². The number of nitrogens with one attached hydrogen (secondary N) is 2. The summed E-state index contributed by atoms with van der Waals surface area (Å²) in [5.41, 5.74) is 10.4. The molecule has 0 spiro atoms. The molecule has 0 aromatic carbocycles. The molecule has 1 atom stereocenters. The van der Waals surface area contributed by atoms with E-state index in [0.29, 0.717) is 19.4 Å². The zero-order valence-electron chi connectivity index (χ0n) is 9.58. The lowest BCUT2D eigenvalue weighted by atomic mass is 10.1. The third kappa shape index (κ3) is 6.63. The molecule has 0 rings (SSSR count). The van der Waals surface area contributed by atoms with Gasteiger partial charge in [-0.3, -0.25) is 21.3 Å². The number of rotatable bonds is 6. The molecule has 0 aromatic rings. The number of carbonyl (C=O) groups excluding carboxylic acids is 2. The predicted octanol–water partition coefficient (Wildman–Crippen LogP) is -3.20. The maximum absolute atomic E-state index is 11.3. The summed E-state index contributed by atoms with van der Waals surface area (Å²) in [5.74, 6) is -0.595. The Kier molecular flexibility index (Phi) is 6.66. The fourth-order valence-corrected chi connectivity index (χ4v) is 1.18. The summed E-state index contributed by atoms with van der Waals surface area (Å²) in [7, 11) is 1.28. The van der Waals surface area contributed by atoms with Gasteiger partial charge in [-0.15, -0.1) is 0 Å². The van der Waals surface area contributed by atoms with Gasteiger partial charge >= 0.3 is 11.9 Å². The molecule has 7 heteroatoms. The molecule has 0 fully saturated rings. The fraction of sp³-hybridized carbons (Fsp3) is 0.667. The second kappa shape index (κ2) is 7.49. The van der Waals surface area contributed by atoms with Gasteiger partial charge in [0.05, 0.1) is 13.7 Å². The largest absolute Gasteiger partial charge is 0.467 e. The van der Waals surface area contributed by atoms with Crippen molar-refractivity contribution < 1.29 is 19.3 Å². The van der Waals surface area contributed by atoms with Gasteiger partial charge in [-0.05, 0) is 12.8 Å². The number of amides is 1. The molecule has 0 saturated carbocycles. The van der Waals surface area contributed by atoms with E-state index in [1.807, 2.05) is 0 Å². The molecule has 0 aliphatic carbocycles. The first-order valence-electron chi connectivity index (χ1n) is 4.94. The molecule has 0 radical (unpaired) electrons. The normalized spacial score (nSPS) is 11.4. The molecule has 0 aromatic heterocycles. The summed E-state index contributed by atoms with van der Waals surface area (Å²) >= 11 is 0. The molecular weight excluding hydrogens is 212 g/mol. The molecule has 92 valence electrons. The van der Waals surface area contributed by atoms with Crippen molar-refractivity contribution in [2.75, 3.05) is 13.7 Å². The quantitative estimate of drug-likeness (QED) is 0.166. The van der Waals surface area contributed by atoms with E-state index in [1.165, 1.54) is 14.0 Å². The third-order valence-electron chi connectivity index (χ3n) is 1.86. The monoisotopic (exact) mass is 231 g/mol. The Labute approximate surface area is 94.2 Å². The van der Waals surface area contributed by atoms with Crippen LogP contribution in [0.4, 0.5) is 0 Å². The lowest BCUT2D eigenvalue weighted by Gasteiger charge is -2.14. The highest BCUT2D eigenvalue weighted by molar-refractivity contribution is 5.83. The third-order valence-corrected chi connectivity index (χ3v) is 1.86. The fourth-order valence-electron chi connectivity index (χ4n) is 1.18. The standard InChI is InChI=1S/C9H18N4O3/c1-6(14)13-7(8(15)16-2)4-3-5-12-9(10)11/h7H,3-5H2,1-2H3,(H,13,14)(H4,10,11,12)/p+1. The molecule has 16 heavy (non-hydrogen) atoms. The number of ether oxygens (including phenoxy) is 1. The molecule has 0 heterocycles. The summed E-state index contributed by atoms with van der Waals surface area (Å²) in [6.07, 6.45) is 1.10. The summed E-state index contributed by atoms with van der Waals surface area (Å²) in [6.45, 7) is 1.88. The van der Waals surface area contributed by atoms with E-state index in [0.717, 1.165) is 0 Å². The SMILES string of the molecule is COC(=O)C(CCC[NH+]=C(N)N)NC(C)=O. The first kappa shape index (κ1) is 14.2. The Balaban J connectivity index is 4.07. The highest BCUT2D eigenvalue weighted by atomic mass is 16.5. The van der Waals surface area contributed by atoms with Crippen LogP contribution in [-0.4, -0.2) is 37.5 Å². The lowest BCUT2D eigenvalue weighted by molar-refractivity contribution is -0.459. The predicted molar refractivity (Wildman–Crippen MR) is 58.1 cm³/mol. The zero-order valence-corrected chi connectivity index (χ0v) is 9.58. The van der Waals surface area contributed by atoms with Gasteiger partial charge in [0.2, 0.25) is 5.91 Å². The number of hydrogen-bond donors (Lipinski definition) is 4. The van der Waals surface area contributed by atoms with E-state index >= 15 is 0 Å². The number of guanidine groups is 1. The van der Waals surface area contributed by atoms with Gasteiger partial charge in [0.15, 0.2) is 0 Å². The Morgan fingerprint density at radius 2 is 2.06 bits per heavy atom. The van der Waals surface area contributed by atoms with Crippen LogP contribution in [0.3, 0.4) is 0 Å². The molecule has 7 nitrogen and oxygen atoms in total. The number of esters is 1. The van der Waals surface area contributed by atoms with Gasteiger partial charge in [-0.25, -0.2) is 4.79 Å².